The molecule has 8 heteroatoms. The van der Waals surface area contributed by atoms with Crippen molar-refractivity contribution in [2.24, 2.45) is 0 Å². The van der Waals surface area contributed by atoms with Gasteiger partial charge in [-0.2, -0.15) is 0 Å². The number of carbonyl (C=O) groups is 2. The Labute approximate surface area is 163 Å². The fourth-order valence-corrected chi connectivity index (χ4v) is 2.80. The normalized spacial score (nSPS) is 14.2. The lowest BCUT2D eigenvalue weighted by atomic mass is 10.2. The number of ether oxygens (including phenoxy) is 1. The van der Waals surface area contributed by atoms with Crippen molar-refractivity contribution in [2.75, 3.05) is 43.0 Å². The predicted octanol–water partition coefficient (Wildman–Crippen LogP) is 2.41. The van der Waals surface area contributed by atoms with Crippen LogP contribution in [-0.4, -0.2) is 59.7 Å². The van der Waals surface area contributed by atoms with E-state index in [0.29, 0.717) is 44.4 Å². The van der Waals surface area contributed by atoms with E-state index in [1.807, 2.05) is 12.1 Å². The molecule has 2 aromatic rings. The van der Waals surface area contributed by atoms with Crippen LogP contribution in [0.4, 0.5) is 16.4 Å². The van der Waals surface area contributed by atoms with Crippen LogP contribution in [0.25, 0.3) is 6.08 Å². The smallest absolute Gasteiger partial charge is 0.330 e. The second-order valence-electron chi connectivity index (χ2n) is 6.16. The van der Waals surface area contributed by atoms with Crippen LogP contribution >= 0.6 is 0 Å². The van der Waals surface area contributed by atoms with Gasteiger partial charge in [0, 0.05) is 50.3 Å². The van der Waals surface area contributed by atoms with Gasteiger partial charge < -0.3 is 19.9 Å². The highest BCUT2D eigenvalue weighted by Gasteiger charge is 2.22. The first-order valence-corrected chi connectivity index (χ1v) is 9.18. The Morgan fingerprint density at radius 3 is 2.43 bits per heavy atom. The number of benzene rings is 1. The van der Waals surface area contributed by atoms with E-state index in [1.165, 1.54) is 6.08 Å². The molecule has 146 valence electrons. The molecule has 1 aliphatic rings. The monoisotopic (exact) mass is 381 g/mol. The van der Waals surface area contributed by atoms with Gasteiger partial charge in [0.2, 0.25) is 5.95 Å². The van der Waals surface area contributed by atoms with Gasteiger partial charge in [-0.05, 0) is 36.8 Å². The van der Waals surface area contributed by atoms with E-state index in [4.69, 9.17) is 4.74 Å². The summed E-state index contributed by atoms with van der Waals surface area (Å²) >= 11 is 0. The third-order valence-corrected chi connectivity index (χ3v) is 4.26. The van der Waals surface area contributed by atoms with Crippen molar-refractivity contribution >= 4 is 29.7 Å². The molecule has 28 heavy (non-hydrogen) atoms. The number of aromatic nitrogens is 2. The maximum Gasteiger partial charge on any atom is 0.330 e. The fraction of sp³-hybridized carbons (Fsp3) is 0.300. The summed E-state index contributed by atoms with van der Waals surface area (Å²) in [7, 11) is 0. The summed E-state index contributed by atoms with van der Waals surface area (Å²) in [6.07, 6.45) is 6.49. The summed E-state index contributed by atoms with van der Waals surface area (Å²) in [6, 6.07) is 8.91. The van der Waals surface area contributed by atoms with Crippen molar-refractivity contribution < 1.29 is 14.3 Å². The van der Waals surface area contributed by atoms with Gasteiger partial charge in [0.15, 0.2) is 0 Å². The van der Waals surface area contributed by atoms with E-state index in [1.54, 1.807) is 48.5 Å². The maximum atomic E-state index is 12.5. The van der Waals surface area contributed by atoms with E-state index < -0.39 is 0 Å². The summed E-state index contributed by atoms with van der Waals surface area (Å²) in [5.74, 6) is 0.314. The molecule has 3 rings (SSSR count). The lowest BCUT2D eigenvalue weighted by molar-refractivity contribution is -0.137. The van der Waals surface area contributed by atoms with Gasteiger partial charge in [-0.3, -0.25) is 0 Å². The fourth-order valence-electron chi connectivity index (χ4n) is 2.80. The van der Waals surface area contributed by atoms with Crippen molar-refractivity contribution in [1.29, 1.82) is 0 Å². The summed E-state index contributed by atoms with van der Waals surface area (Å²) in [6.45, 7) is 4.69. The van der Waals surface area contributed by atoms with E-state index in [2.05, 4.69) is 20.2 Å². The minimum Gasteiger partial charge on any atom is -0.463 e. The largest absolute Gasteiger partial charge is 0.463 e. The Morgan fingerprint density at radius 2 is 1.79 bits per heavy atom. The molecule has 0 saturated carbocycles. The molecule has 0 radical (unpaired) electrons. The van der Waals surface area contributed by atoms with E-state index in [-0.39, 0.29) is 12.0 Å². The van der Waals surface area contributed by atoms with Crippen LogP contribution in [0, 0.1) is 0 Å². The molecule has 0 atom stereocenters. The Kier molecular flexibility index (Phi) is 6.56. The average molecular weight is 381 g/mol. The van der Waals surface area contributed by atoms with E-state index in [0.717, 1.165) is 5.56 Å². The third kappa shape index (κ3) is 5.29. The van der Waals surface area contributed by atoms with Gasteiger partial charge in [-0.15, -0.1) is 0 Å². The van der Waals surface area contributed by atoms with Crippen LogP contribution in [0.1, 0.15) is 12.5 Å². The van der Waals surface area contributed by atoms with Gasteiger partial charge in [0.25, 0.3) is 0 Å². The topological polar surface area (TPSA) is 87.7 Å². The summed E-state index contributed by atoms with van der Waals surface area (Å²) in [5, 5.41) is 2.90. The summed E-state index contributed by atoms with van der Waals surface area (Å²) < 4.78 is 4.84. The van der Waals surface area contributed by atoms with Crippen LogP contribution < -0.4 is 10.2 Å². The van der Waals surface area contributed by atoms with Gasteiger partial charge >= 0.3 is 12.0 Å². The standard InChI is InChI=1S/C20H23N5O3/c1-2-28-18(26)9-6-16-4-7-17(8-5-16)23-20(27)25-14-12-24(13-15-25)19-21-10-3-11-22-19/h3-11H,2,12-15H2,1H3,(H,23,27)/b9-6+. The van der Waals surface area contributed by atoms with Crippen LogP contribution in [0.2, 0.25) is 0 Å². The van der Waals surface area contributed by atoms with Crippen molar-refractivity contribution in [2.45, 2.75) is 6.92 Å². The van der Waals surface area contributed by atoms with Crippen molar-refractivity contribution in [3.63, 3.8) is 0 Å². The number of piperazine rings is 1. The number of hydrogen-bond donors (Lipinski definition) is 1. The Hall–Kier alpha value is -3.42. The van der Waals surface area contributed by atoms with Crippen LogP contribution in [0.15, 0.2) is 48.8 Å². The number of nitrogens with one attached hydrogen (secondary N) is 1. The number of rotatable bonds is 5. The van der Waals surface area contributed by atoms with Crippen molar-refractivity contribution in [3.8, 4) is 0 Å². The maximum absolute atomic E-state index is 12.5. The van der Waals surface area contributed by atoms with Crippen molar-refractivity contribution in [3.05, 3.63) is 54.4 Å². The molecule has 1 fully saturated rings. The van der Waals surface area contributed by atoms with Crippen molar-refractivity contribution in [1.82, 2.24) is 14.9 Å². The minimum absolute atomic E-state index is 0.136. The molecular formula is C20H23N5O3. The van der Waals surface area contributed by atoms with E-state index in [9.17, 15) is 9.59 Å². The Balaban J connectivity index is 1.49. The zero-order valence-electron chi connectivity index (χ0n) is 15.7. The second kappa shape index (κ2) is 9.50. The Morgan fingerprint density at radius 1 is 1.11 bits per heavy atom. The van der Waals surface area contributed by atoms with Gasteiger partial charge in [0.1, 0.15) is 0 Å². The molecule has 1 saturated heterocycles. The molecule has 0 bridgehead atoms. The summed E-state index contributed by atoms with van der Waals surface area (Å²) in [5.41, 5.74) is 1.55. The molecular weight excluding hydrogens is 358 g/mol. The third-order valence-electron chi connectivity index (χ3n) is 4.26. The highest BCUT2D eigenvalue weighted by Crippen LogP contribution is 2.14. The summed E-state index contributed by atoms with van der Waals surface area (Å²) in [4.78, 5) is 36.1. The number of urea groups is 1. The van der Waals surface area contributed by atoms with Crippen LogP contribution in [0.3, 0.4) is 0 Å². The molecule has 1 aliphatic heterocycles. The quantitative estimate of drug-likeness (QED) is 0.632. The molecule has 2 heterocycles. The molecule has 8 nitrogen and oxygen atoms in total. The van der Waals surface area contributed by atoms with Gasteiger partial charge in [-0.25, -0.2) is 19.6 Å². The zero-order valence-corrected chi connectivity index (χ0v) is 15.7. The number of esters is 1. The van der Waals surface area contributed by atoms with Crippen LogP contribution in [0.5, 0.6) is 0 Å². The second-order valence-corrected chi connectivity index (χ2v) is 6.16. The first kappa shape index (κ1) is 19.3. The molecule has 0 spiro atoms. The Bertz CT molecular complexity index is 815. The molecule has 0 aliphatic carbocycles. The number of nitrogens with zero attached hydrogens (tertiary/aromatic N) is 4. The first-order chi connectivity index (χ1) is 13.7. The highest BCUT2D eigenvalue weighted by atomic mass is 16.5. The zero-order chi connectivity index (χ0) is 19.8. The average Bonchev–Trinajstić information content (AvgIpc) is 2.74. The molecule has 0 unspecified atom stereocenters. The lowest BCUT2D eigenvalue weighted by Crippen LogP contribution is -2.50. The lowest BCUT2D eigenvalue weighted by Gasteiger charge is -2.34. The number of amides is 2. The van der Waals surface area contributed by atoms with Gasteiger partial charge in [-0.1, -0.05) is 12.1 Å². The number of hydrogen-bond acceptors (Lipinski definition) is 6. The first-order valence-electron chi connectivity index (χ1n) is 9.18. The predicted molar refractivity (Wildman–Crippen MR) is 107 cm³/mol. The molecule has 1 aromatic carbocycles. The molecule has 2 amide bonds. The van der Waals surface area contributed by atoms with Gasteiger partial charge in [0.05, 0.1) is 6.61 Å². The number of carbonyl (C=O) groups excluding carboxylic acids is 2. The minimum atomic E-state index is -0.375. The van der Waals surface area contributed by atoms with Crippen LogP contribution in [-0.2, 0) is 9.53 Å². The molecule has 1 aromatic heterocycles. The highest BCUT2D eigenvalue weighted by molar-refractivity contribution is 5.90. The SMILES string of the molecule is CCOC(=O)/C=C/c1ccc(NC(=O)N2CCN(c3ncccn3)CC2)cc1. The van der Waals surface area contributed by atoms with E-state index >= 15 is 0 Å². The number of anilines is 2. The molecule has 1 N–H and O–H groups in total.